The molecule has 2 aliphatic rings. The van der Waals surface area contributed by atoms with Crippen LogP contribution in [-0.2, 0) is 23.4 Å². The number of alkyl halides is 2. The predicted octanol–water partition coefficient (Wildman–Crippen LogP) is 10.7. The van der Waals surface area contributed by atoms with Crippen molar-refractivity contribution in [2.45, 2.75) is 218 Å². The molecule has 0 aromatic carbocycles. The molecule has 0 aromatic heterocycles. The lowest BCUT2D eigenvalue weighted by atomic mass is 9.84. The summed E-state index contributed by atoms with van der Waals surface area (Å²) in [5.41, 5.74) is 0. The Bertz CT molecular complexity index is 858. The first-order valence-corrected chi connectivity index (χ1v) is 22.2. The van der Waals surface area contributed by atoms with Crippen molar-refractivity contribution >= 4 is 14.3 Å². The first-order valence-electron chi connectivity index (χ1n) is 19.3. The molecule has 6 atom stereocenters. The van der Waals surface area contributed by atoms with Gasteiger partial charge < -0.3 is 23.7 Å². The van der Waals surface area contributed by atoms with Crippen molar-refractivity contribution < 1.29 is 37.3 Å². The lowest BCUT2D eigenvalue weighted by Crippen LogP contribution is -2.49. The maximum absolute atomic E-state index is 16.0. The second-order valence-electron chi connectivity index (χ2n) is 16.3. The molecule has 0 spiro atoms. The summed E-state index contributed by atoms with van der Waals surface area (Å²) in [6.07, 6.45) is 12.6. The molecular formula is C38H72F2O6Si. The number of aliphatic hydroxyl groups excluding tert-OH is 1. The van der Waals surface area contributed by atoms with Crippen LogP contribution in [0, 0.1) is 11.8 Å². The monoisotopic (exact) mass is 691 g/mol. The maximum atomic E-state index is 16.0. The summed E-state index contributed by atoms with van der Waals surface area (Å²) in [7, 11) is -2.45. The zero-order valence-electron chi connectivity index (χ0n) is 31.4. The highest BCUT2D eigenvalue weighted by Gasteiger charge is 2.49. The molecule has 1 aliphatic heterocycles. The maximum Gasteiger partial charge on any atom is 0.306 e. The second-order valence-corrected chi connectivity index (χ2v) is 21.1. The van der Waals surface area contributed by atoms with E-state index >= 15 is 8.78 Å². The van der Waals surface area contributed by atoms with Crippen LogP contribution in [0.3, 0.4) is 0 Å². The Hall–Kier alpha value is -0.613. The van der Waals surface area contributed by atoms with Gasteiger partial charge in [-0.3, -0.25) is 4.79 Å². The van der Waals surface area contributed by atoms with E-state index in [9.17, 15) is 9.90 Å². The van der Waals surface area contributed by atoms with Crippen molar-refractivity contribution in [2.75, 3.05) is 6.61 Å². The molecule has 6 nitrogen and oxygen atoms in total. The lowest BCUT2D eigenvalue weighted by molar-refractivity contribution is -0.197. The van der Waals surface area contributed by atoms with E-state index in [1.165, 1.54) is 0 Å². The van der Waals surface area contributed by atoms with E-state index in [0.717, 1.165) is 83.5 Å². The summed E-state index contributed by atoms with van der Waals surface area (Å²) in [5.74, 6) is -3.02. The molecule has 47 heavy (non-hydrogen) atoms. The molecule has 1 heterocycles. The molecule has 2 unspecified atom stereocenters. The second kappa shape index (κ2) is 20.9. The smallest absolute Gasteiger partial charge is 0.306 e. The lowest BCUT2D eigenvalue weighted by Gasteiger charge is -2.42. The van der Waals surface area contributed by atoms with Gasteiger partial charge in [-0.2, -0.15) is 0 Å². The van der Waals surface area contributed by atoms with Gasteiger partial charge in [-0.25, -0.2) is 8.78 Å². The van der Waals surface area contributed by atoms with Gasteiger partial charge >= 0.3 is 5.97 Å². The molecule has 9 heteroatoms. The Kier molecular flexibility index (Phi) is 18.9. The molecule has 0 bridgehead atoms. The van der Waals surface area contributed by atoms with Crippen LogP contribution in [0.15, 0.2) is 0 Å². The third-order valence-electron chi connectivity index (χ3n) is 10.8. The number of carbonyl (C=O) groups is 1. The fourth-order valence-corrected chi connectivity index (χ4v) is 8.34. The third kappa shape index (κ3) is 15.4. The highest BCUT2D eigenvalue weighted by Crippen LogP contribution is 2.45. The van der Waals surface area contributed by atoms with E-state index < -0.39 is 26.4 Å². The van der Waals surface area contributed by atoms with Gasteiger partial charge in [0, 0.05) is 25.9 Å². The van der Waals surface area contributed by atoms with Crippen LogP contribution in [0.2, 0.25) is 18.1 Å². The molecule has 1 saturated heterocycles. The first kappa shape index (κ1) is 42.6. The highest BCUT2D eigenvalue weighted by molar-refractivity contribution is 6.74. The summed E-state index contributed by atoms with van der Waals surface area (Å²) in [5, 5.41) is 11.1. The van der Waals surface area contributed by atoms with Crippen molar-refractivity contribution in [1.29, 1.82) is 0 Å². The van der Waals surface area contributed by atoms with Crippen molar-refractivity contribution in [3.05, 3.63) is 0 Å². The largest absolute Gasteiger partial charge is 0.463 e. The van der Waals surface area contributed by atoms with Crippen molar-refractivity contribution in [3.63, 3.8) is 0 Å². The molecule has 1 N–H and O–H groups in total. The summed E-state index contributed by atoms with van der Waals surface area (Å²) in [6.45, 7) is 17.0. The molecule has 278 valence electrons. The quantitative estimate of drug-likeness (QED) is 0.0653. The number of carbonyl (C=O) groups excluding carboxylic acids is 1. The summed E-state index contributed by atoms with van der Waals surface area (Å²) in [6, 6.07) is 0. The van der Waals surface area contributed by atoms with E-state index in [-0.39, 0.29) is 54.2 Å². The zero-order valence-corrected chi connectivity index (χ0v) is 32.4. The Labute approximate surface area is 287 Å². The molecule has 2 fully saturated rings. The highest BCUT2D eigenvalue weighted by atomic mass is 28.4. The van der Waals surface area contributed by atoms with E-state index in [1.807, 2.05) is 13.8 Å². The minimum atomic E-state index is -2.90. The minimum absolute atomic E-state index is 0.0103. The predicted molar refractivity (Wildman–Crippen MR) is 189 cm³/mol. The third-order valence-corrected chi connectivity index (χ3v) is 15.3. The molecule has 1 aliphatic carbocycles. The van der Waals surface area contributed by atoms with Gasteiger partial charge in [0.2, 0.25) is 0 Å². The van der Waals surface area contributed by atoms with E-state index in [1.54, 1.807) is 0 Å². The van der Waals surface area contributed by atoms with Gasteiger partial charge in [0.1, 0.15) is 6.10 Å². The molecule has 1 saturated carbocycles. The number of aliphatic hydroxyl groups is 1. The molecule has 0 aromatic rings. The van der Waals surface area contributed by atoms with Gasteiger partial charge in [-0.05, 0) is 95.2 Å². The van der Waals surface area contributed by atoms with Crippen LogP contribution >= 0.6 is 0 Å². The van der Waals surface area contributed by atoms with Crippen molar-refractivity contribution in [3.8, 4) is 0 Å². The number of halogens is 2. The molecule has 2 rings (SSSR count). The summed E-state index contributed by atoms with van der Waals surface area (Å²) in [4.78, 5) is 11.8. The topological polar surface area (TPSA) is 74.2 Å². The normalized spacial score (nSPS) is 25.0. The molecule has 0 amide bonds. The number of hydrogen-bond acceptors (Lipinski definition) is 6. The Morgan fingerprint density at radius 3 is 2.21 bits per heavy atom. The number of rotatable bonds is 23. The minimum Gasteiger partial charge on any atom is -0.463 e. The van der Waals surface area contributed by atoms with Crippen molar-refractivity contribution in [2.24, 2.45) is 11.8 Å². The standard InChI is InChI=1S/C38H72F2O6Si/c1-9-10-11-19-26-38(39,40)34(46-47(7,8)37(4,5)6)25-24-31-30(32(41)28-33(31)45-36-23-18-20-27-43-36)21-16-14-12-13-15-17-22-35(42)44-29(2)3/h29-34,36,41H,9-28H2,1-8H3/t30-,31-,32+,33-,34?,36?/m1/s1. The number of ether oxygens (including phenoxy) is 3. The van der Waals surface area contributed by atoms with Crippen LogP contribution in [0.5, 0.6) is 0 Å². The van der Waals surface area contributed by atoms with Crippen molar-refractivity contribution in [1.82, 2.24) is 0 Å². The van der Waals surface area contributed by atoms with Gasteiger partial charge in [0.15, 0.2) is 14.6 Å². The van der Waals surface area contributed by atoms with Gasteiger partial charge in [0.25, 0.3) is 5.92 Å². The molecular weight excluding hydrogens is 618 g/mol. The number of hydrogen-bond donors (Lipinski definition) is 1. The van der Waals surface area contributed by atoms with Crippen LogP contribution in [0.25, 0.3) is 0 Å². The number of unbranched alkanes of at least 4 members (excludes halogenated alkanes) is 8. The average Bonchev–Trinajstić information content (AvgIpc) is 3.27. The Morgan fingerprint density at radius 1 is 0.936 bits per heavy atom. The van der Waals surface area contributed by atoms with Crippen LogP contribution < -0.4 is 0 Å². The first-order chi connectivity index (χ1) is 22.1. The van der Waals surface area contributed by atoms with E-state index in [2.05, 4.69) is 40.8 Å². The molecule has 0 radical (unpaired) electrons. The van der Waals surface area contributed by atoms with Crippen LogP contribution in [-0.4, -0.2) is 62.6 Å². The zero-order chi connectivity index (χ0) is 35.1. The van der Waals surface area contributed by atoms with Crippen LogP contribution in [0.1, 0.15) is 164 Å². The Morgan fingerprint density at radius 2 is 1.60 bits per heavy atom. The fourth-order valence-electron chi connectivity index (χ4n) is 6.98. The van der Waals surface area contributed by atoms with Gasteiger partial charge in [-0.15, -0.1) is 0 Å². The summed E-state index contributed by atoms with van der Waals surface area (Å²) >= 11 is 0. The Balaban J connectivity index is 2.07. The SMILES string of the molecule is CCCCCCC(F)(F)C(CC[C@@H]1[C@@H](CCCCCCCCC(=O)OC(C)C)[C@@H](O)C[C@H]1OC1CCCCO1)O[Si](C)(C)C(C)(C)C. The van der Waals surface area contributed by atoms with Gasteiger partial charge in [-0.1, -0.05) is 79.1 Å². The average molecular weight is 691 g/mol. The van der Waals surface area contributed by atoms with E-state index in [0.29, 0.717) is 32.3 Å². The van der Waals surface area contributed by atoms with Crippen LogP contribution in [0.4, 0.5) is 8.78 Å². The summed E-state index contributed by atoms with van der Waals surface area (Å²) < 4.78 is 56.2. The van der Waals surface area contributed by atoms with E-state index in [4.69, 9.17) is 18.6 Å². The fraction of sp³-hybridized carbons (Fsp3) is 0.974. The number of esters is 1. The van der Waals surface area contributed by atoms with Gasteiger partial charge in [0.05, 0.1) is 18.3 Å².